The maximum absolute atomic E-state index is 6.00. The van der Waals surface area contributed by atoms with Crippen LogP contribution in [0.25, 0.3) is 0 Å². The van der Waals surface area contributed by atoms with Crippen molar-refractivity contribution < 1.29 is 0 Å². The second-order valence-electron chi connectivity index (χ2n) is 6.85. The lowest BCUT2D eigenvalue weighted by molar-refractivity contribution is 0.270. The van der Waals surface area contributed by atoms with Gasteiger partial charge in [0, 0.05) is 0 Å². The van der Waals surface area contributed by atoms with Gasteiger partial charge in [0.15, 0.2) is 0 Å². The molecule has 0 amide bonds. The third kappa shape index (κ3) is 7.34. The van der Waals surface area contributed by atoms with Gasteiger partial charge in [0.2, 0.25) is 0 Å². The SMILES string of the molecule is CCCCC(CN)CC1CCCCCCC(CC)C1. The first kappa shape index (κ1) is 17.0. The molecule has 1 nitrogen and oxygen atoms in total. The molecular formula is C18H37N. The van der Waals surface area contributed by atoms with Crippen LogP contribution < -0.4 is 5.73 Å². The van der Waals surface area contributed by atoms with E-state index in [2.05, 4.69) is 13.8 Å². The van der Waals surface area contributed by atoms with Crippen LogP contribution >= 0.6 is 0 Å². The van der Waals surface area contributed by atoms with Gasteiger partial charge in [-0.1, -0.05) is 71.6 Å². The van der Waals surface area contributed by atoms with Crippen LogP contribution in [0.4, 0.5) is 0 Å². The molecule has 1 aliphatic carbocycles. The molecule has 3 atom stereocenters. The van der Waals surface area contributed by atoms with Crippen molar-refractivity contribution in [1.29, 1.82) is 0 Å². The lowest BCUT2D eigenvalue weighted by Gasteiger charge is -2.25. The second kappa shape index (κ2) is 10.7. The predicted molar refractivity (Wildman–Crippen MR) is 86.3 cm³/mol. The summed E-state index contributed by atoms with van der Waals surface area (Å²) in [5.41, 5.74) is 6.00. The van der Waals surface area contributed by atoms with Gasteiger partial charge in [0.05, 0.1) is 0 Å². The van der Waals surface area contributed by atoms with Crippen molar-refractivity contribution in [2.24, 2.45) is 23.5 Å². The Balaban J connectivity index is 2.44. The van der Waals surface area contributed by atoms with Gasteiger partial charge in [-0.3, -0.25) is 0 Å². The fourth-order valence-corrected chi connectivity index (χ4v) is 3.81. The van der Waals surface area contributed by atoms with Crippen LogP contribution in [0.2, 0.25) is 0 Å². The Morgan fingerprint density at radius 2 is 1.68 bits per heavy atom. The molecule has 0 saturated heterocycles. The average Bonchev–Trinajstić information content (AvgIpc) is 2.55. The Morgan fingerprint density at radius 1 is 1.00 bits per heavy atom. The lowest BCUT2D eigenvalue weighted by Crippen LogP contribution is -2.20. The summed E-state index contributed by atoms with van der Waals surface area (Å²) in [5.74, 6) is 2.75. The fraction of sp³-hybridized carbons (Fsp3) is 1.00. The van der Waals surface area contributed by atoms with Gasteiger partial charge in [-0.2, -0.15) is 0 Å². The minimum absolute atomic E-state index is 0.795. The second-order valence-corrected chi connectivity index (χ2v) is 6.85. The molecule has 2 N–H and O–H groups in total. The Bertz CT molecular complexity index is 202. The van der Waals surface area contributed by atoms with E-state index in [-0.39, 0.29) is 0 Å². The van der Waals surface area contributed by atoms with Crippen LogP contribution in [-0.2, 0) is 0 Å². The molecule has 0 aromatic heterocycles. The summed E-state index contributed by atoms with van der Waals surface area (Å²) >= 11 is 0. The molecule has 0 bridgehead atoms. The van der Waals surface area contributed by atoms with E-state index in [4.69, 9.17) is 5.73 Å². The van der Waals surface area contributed by atoms with Gasteiger partial charge in [-0.15, -0.1) is 0 Å². The molecule has 19 heavy (non-hydrogen) atoms. The maximum Gasteiger partial charge on any atom is -0.00488 e. The lowest BCUT2D eigenvalue weighted by atomic mass is 9.81. The van der Waals surface area contributed by atoms with Gasteiger partial charge in [-0.05, 0) is 43.6 Å². The van der Waals surface area contributed by atoms with Crippen molar-refractivity contribution in [2.75, 3.05) is 6.54 Å². The quantitative estimate of drug-likeness (QED) is 0.645. The Labute approximate surface area is 121 Å². The largest absolute Gasteiger partial charge is 0.330 e. The van der Waals surface area contributed by atoms with Crippen molar-refractivity contribution >= 4 is 0 Å². The molecule has 0 aromatic carbocycles. The standard InChI is InChI=1S/C18H37N/c1-3-5-10-18(15-19)14-17-12-9-7-6-8-11-16(4-2)13-17/h16-18H,3-15,19H2,1-2H3. The number of rotatable bonds is 7. The van der Waals surface area contributed by atoms with Gasteiger partial charge in [0.1, 0.15) is 0 Å². The van der Waals surface area contributed by atoms with Crippen LogP contribution in [-0.4, -0.2) is 6.54 Å². The predicted octanol–water partition coefficient (Wildman–Crippen LogP) is 5.53. The number of hydrogen-bond acceptors (Lipinski definition) is 1. The summed E-state index contributed by atoms with van der Waals surface area (Å²) in [6.07, 6.45) is 17.2. The highest BCUT2D eigenvalue weighted by molar-refractivity contribution is 4.73. The third-order valence-corrected chi connectivity index (χ3v) is 5.18. The molecule has 1 rings (SSSR count). The van der Waals surface area contributed by atoms with Gasteiger partial charge >= 0.3 is 0 Å². The molecule has 1 aliphatic rings. The first-order valence-corrected chi connectivity index (χ1v) is 9.00. The third-order valence-electron chi connectivity index (χ3n) is 5.18. The van der Waals surface area contributed by atoms with Crippen LogP contribution in [0.1, 0.15) is 90.9 Å². The van der Waals surface area contributed by atoms with Crippen molar-refractivity contribution in [3.8, 4) is 0 Å². The Kier molecular flexibility index (Phi) is 9.59. The van der Waals surface area contributed by atoms with E-state index < -0.39 is 0 Å². The maximum atomic E-state index is 6.00. The van der Waals surface area contributed by atoms with Crippen LogP contribution in [0.3, 0.4) is 0 Å². The molecular weight excluding hydrogens is 230 g/mol. The summed E-state index contributed by atoms with van der Waals surface area (Å²) in [7, 11) is 0. The zero-order valence-corrected chi connectivity index (χ0v) is 13.5. The zero-order chi connectivity index (χ0) is 13.9. The van der Waals surface area contributed by atoms with E-state index in [9.17, 15) is 0 Å². The molecule has 0 spiro atoms. The van der Waals surface area contributed by atoms with Crippen LogP contribution in [0.5, 0.6) is 0 Å². The first-order chi connectivity index (χ1) is 9.30. The number of unbranched alkanes of at least 4 members (excludes halogenated alkanes) is 1. The average molecular weight is 268 g/mol. The van der Waals surface area contributed by atoms with E-state index >= 15 is 0 Å². The van der Waals surface area contributed by atoms with Crippen molar-refractivity contribution in [3.05, 3.63) is 0 Å². The Morgan fingerprint density at radius 3 is 2.26 bits per heavy atom. The number of nitrogens with two attached hydrogens (primary N) is 1. The van der Waals surface area contributed by atoms with E-state index in [1.54, 1.807) is 0 Å². The molecule has 1 heteroatoms. The molecule has 114 valence electrons. The smallest absolute Gasteiger partial charge is 0.00488 e. The molecule has 1 saturated carbocycles. The molecule has 1 fully saturated rings. The molecule has 0 aromatic rings. The minimum Gasteiger partial charge on any atom is -0.330 e. The van der Waals surface area contributed by atoms with E-state index in [0.29, 0.717) is 0 Å². The summed E-state index contributed by atoms with van der Waals surface area (Å²) in [5, 5.41) is 0. The van der Waals surface area contributed by atoms with Crippen molar-refractivity contribution in [2.45, 2.75) is 90.9 Å². The molecule has 0 radical (unpaired) electrons. The van der Waals surface area contributed by atoms with Gasteiger partial charge in [-0.25, -0.2) is 0 Å². The molecule has 0 aliphatic heterocycles. The van der Waals surface area contributed by atoms with E-state index in [1.165, 1.54) is 77.0 Å². The van der Waals surface area contributed by atoms with Crippen LogP contribution in [0.15, 0.2) is 0 Å². The normalized spacial score (nSPS) is 27.3. The van der Waals surface area contributed by atoms with Gasteiger partial charge in [0.25, 0.3) is 0 Å². The summed E-state index contributed by atoms with van der Waals surface area (Å²) in [4.78, 5) is 0. The summed E-state index contributed by atoms with van der Waals surface area (Å²) < 4.78 is 0. The summed E-state index contributed by atoms with van der Waals surface area (Å²) in [6.45, 7) is 5.59. The zero-order valence-electron chi connectivity index (χ0n) is 13.5. The fourth-order valence-electron chi connectivity index (χ4n) is 3.81. The highest BCUT2D eigenvalue weighted by atomic mass is 14.5. The topological polar surface area (TPSA) is 26.0 Å². The van der Waals surface area contributed by atoms with Gasteiger partial charge < -0.3 is 5.73 Å². The monoisotopic (exact) mass is 267 g/mol. The first-order valence-electron chi connectivity index (χ1n) is 9.00. The van der Waals surface area contributed by atoms with E-state index in [0.717, 1.165) is 24.3 Å². The highest BCUT2D eigenvalue weighted by Gasteiger charge is 2.20. The minimum atomic E-state index is 0.795. The van der Waals surface area contributed by atoms with Crippen molar-refractivity contribution in [3.63, 3.8) is 0 Å². The molecule has 0 heterocycles. The van der Waals surface area contributed by atoms with Crippen molar-refractivity contribution in [1.82, 2.24) is 0 Å². The molecule has 3 unspecified atom stereocenters. The van der Waals surface area contributed by atoms with Crippen LogP contribution in [0, 0.1) is 17.8 Å². The summed E-state index contributed by atoms with van der Waals surface area (Å²) in [6, 6.07) is 0. The Hall–Kier alpha value is -0.0400. The highest BCUT2D eigenvalue weighted by Crippen LogP contribution is 2.32. The number of hydrogen-bond donors (Lipinski definition) is 1. The van der Waals surface area contributed by atoms with E-state index in [1.807, 2.05) is 0 Å².